The first-order valence-corrected chi connectivity index (χ1v) is 12.9. The molecule has 2 aliphatic rings. The Labute approximate surface area is 220 Å². The molecule has 2 aromatic carbocycles. The van der Waals surface area contributed by atoms with Crippen molar-refractivity contribution in [3.63, 3.8) is 0 Å². The number of aliphatic imine (C=N–C) groups is 1. The molecular formula is C27H26Cl2N2O3S. The summed E-state index contributed by atoms with van der Waals surface area (Å²) in [7, 11) is 3.15. The molecule has 1 heterocycles. The smallest absolute Gasteiger partial charge is 0.161 e. The summed E-state index contributed by atoms with van der Waals surface area (Å²) >= 11 is 13.7. The minimum Gasteiger partial charge on any atom is -0.493 e. The molecule has 1 saturated carbocycles. The number of nitrogens with zero attached hydrogens (tertiary/aromatic N) is 2. The van der Waals surface area contributed by atoms with Gasteiger partial charge in [-0.15, -0.1) is 11.8 Å². The number of Topliss-reactive ketones (excluding diaryl/α,β-unsaturated/α-hetero) is 1. The molecule has 8 heteroatoms. The number of carbonyl (C=O) groups excluding carboxylic acids is 1. The van der Waals surface area contributed by atoms with E-state index in [0.29, 0.717) is 50.7 Å². The molecule has 0 saturated heterocycles. The highest BCUT2D eigenvalue weighted by atomic mass is 35.5. The minimum absolute atomic E-state index is 0.112. The van der Waals surface area contributed by atoms with Crippen LogP contribution >= 0.6 is 35.0 Å². The summed E-state index contributed by atoms with van der Waals surface area (Å²) in [5, 5.41) is 11.9. The van der Waals surface area contributed by atoms with Crippen LogP contribution in [0.1, 0.15) is 43.7 Å². The van der Waals surface area contributed by atoms with Gasteiger partial charge in [-0.05, 0) is 47.2 Å². The first-order valence-electron chi connectivity index (χ1n) is 11.2. The number of rotatable bonds is 6. The molecule has 1 unspecified atom stereocenters. The third-order valence-corrected chi connectivity index (χ3v) is 8.19. The summed E-state index contributed by atoms with van der Waals surface area (Å²) in [5.74, 6) is 0.918. The minimum atomic E-state index is -0.467. The summed E-state index contributed by atoms with van der Waals surface area (Å²) < 4.78 is 10.9. The van der Waals surface area contributed by atoms with Crippen molar-refractivity contribution in [2.24, 2.45) is 16.3 Å². The highest BCUT2D eigenvalue weighted by Crippen LogP contribution is 2.49. The molecule has 35 heavy (non-hydrogen) atoms. The Hall–Kier alpha value is -2.46. The van der Waals surface area contributed by atoms with E-state index in [0.717, 1.165) is 16.8 Å². The van der Waals surface area contributed by atoms with Gasteiger partial charge in [0.2, 0.25) is 0 Å². The van der Waals surface area contributed by atoms with E-state index in [9.17, 15) is 10.1 Å². The first-order chi connectivity index (χ1) is 16.7. The molecule has 1 aliphatic heterocycles. The zero-order valence-electron chi connectivity index (χ0n) is 20.0. The van der Waals surface area contributed by atoms with Crippen molar-refractivity contribution in [1.29, 1.82) is 5.26 Å². The molecule has 1 fully saturated rings. The van der Waals surface area contributed by atoms with Crippen LogP contribution < -0.4 is 9.47 Å². The van der Waals surface area contributed by atoms with Gasteiger partial charge in [0.25, 0.3) is 0 Å². The van der Waals surface area contributed by atoms with Crippen molar-refractivity contribution >= 4 is 46.5 Å². The van der Waals surface area contributed by atoms with Gasteiger partial charge in [-0.2, -0.15) is 5.26 Å². The SMILES string of the molecule is COc1ccc([C@@H]2C(C#N)=C(SCc3ccc(Cl)c(Cl)c3)N=C3CC(C)(C)CC(=O)C32)cc1OC. The highest BCUT2D eigenvalue weighted by molar-refractivity contribution is 8.02. The highest BCUT2D eigenvalue weighted by Gasteiger charge is 2.46. The van der Waals surface area contributed by atoms with Gasteiger partial charge in [-0.25, -0.2) is 4.99 Å². The Morgan fingerprint density at radius 1 is 1.06 bits per heavy atom. The van der Waals surface area contributed by atoms with Crippen LogP contribution in [0.4, 0.5) is 0 Å². The van der Waals surface area contributed by atoms with Gasteiger partial charge in [0, 0.05) is 23.8 Å². The average Bonchev–Trinajstić information content (AvgIpc) is 2.82. The summed E-state index contributed by atoms with van der Waals surface area (Å²) in [5.41, 5.74) is 2.94. The Morgan fingerprint density at radius 3 is 2.46 bits per heavy atom. The number of hydrogen-bond donors (Lipinski definition) is 0. The van der Waals surface area contributed by atoms with Crippen molar-refractivity contribution in [3.05, 3.63) is 68.2 Å². The van der Waals surface area contributed by atoms with Crippen LogP contribution in [0.3, 0.4) is 0 Å². The summed E-state index contributed by atoms with van der Waals surface area (Å²) in [4.78, 5) is 18.3. The zero-order chi connectivity index (χ0) is 25.3. The number of methoxy groups -OCH3 is 2. The second-order valence-corrected chi connectivity index (χ2v) is 11.3. The van der Waals surface area contributed by atoms with Gasteiger partial charge in [0.1, 0.15) is 10.8 Å². The second kappa shape index (κ2) is 10.3. The lowest BCUT2D eigenvalue weighted by molar-refractivity contribution is -0.124. The van der Waals surface area contributed by atoms with Gasteiger partial charge in [0.05, 0.1) is 41.8 Å². The quantitative estimate of drug-likeness (QED) is 0.395. The van der Waals surface area contributed by atoms with Gasteiger partial charge >= 0.3 is 0 Å². The number of halogens is 2. The monoisotopic (exact) mass is 528 g/mol. The summed E-state index contributed by atoms with van der Waals surface area (Å²) in [6, 6.07) is 13.4. The molecule has 0 N–H and O–H groups in total. The van der Waals surface area contributed by atoms with Crippen LogP contribution in [0, 0.1) is 22.7 Å². The van der Waals surface area contributed by atoms with Crippen LogP contribution in [0.25, 0.3) is 0 Å². The van der Waals surface area contributed by atoms with E-state index < -0.39 is 11.8 Å². The number of fused-ring (bicyclic) bond motifs is 1. The van der Waals surface area contributed by atoms with Crippen molar-refractivity contribution in [2.75, 3.05) is 14.2 Å². The average molecular weight is 529 g/mol. The molecule has 2 atom stereocenters. The fourth-order valence-corrected chi connectivity index (χ4v) is 6.14. The van der Waals surface area contributed by atoms with E-state index in [1.807, 2.05) is 30.3 Å². The second-order valence-electron chi connectivity index (χ2n) is 9.52. The van der Waals surface area contributed by atoms with Crippen LogP contribution in [-0.4, -0.2) is 25.7 Å². The largest absolute Gasteiger partial charge is 0.493 e. The third-order valence-electron chi connectivity index (χ3n) is 6.38. The van der Waals surface area contributed by atoms with Crippen molar-refractivity contribution in [2.45, 2.75) is 38.4 Å². The molecule has 0 aromatic heterocycles. The summed E-state index contributed by atoms with van der Waals surface area (Å²) in [6.07, 6.45) is 1.15. The molecule has 0 radical (unpaired) electrons. The lowest BCUT2D eigenvalue weighted by Gasteiger charge is -2.40. The number of carbonyl (C=O) groups is 1. The molecule has 182 valence electrons. The fourth-order valence-electron chi connectivity index (χ4n) is 4.82. The van der Waals surface area contributed by atoms with Crippen LogP contribution in [-0.2, 0) is 10.5 Å². The lowest BCUT2D eigenvalue weighted by Crippen LogP contribution is -2.42. The number of ketones is 1. The van der Waals surface area contributed by atoms with Gasteiger partial charge < -0.3 is 9.47 Å². The first kappa shape index (κ1) is 25.6. The molecule has 0 spiro atoms. The maximum Gasteiger partial charge on any atom is 0.161 e. The normalized spacial score (nSPS) is 21.2. The van der Waals surface area contributed by atoms with Gasteiger partial charge in [0.15, 0.2) is 11.5 Å². The van der Waals surface area contributed by atoms with E-state index in [-0.39, 0.29) is 11.2 Å². The van der Waals surface area contributed by atoms with E-state index >= 15 is 0 Å². The van der Waals surface area contributed by atoms with Crippen LogP contribution in [0.15, 0.2) is 52.0 Å². The molecular weight excluding hydrogens is 503 g/mol. The van der Waals surface area contributed by atoms with E-state index in [1.54, 1.807) is 20.3 Å². The zero-order valence-corrected chi connectivity index (χ0v) is 22.4. The van der Waals surface area contributed by atoms with Crippen molar-refractivity contribution < 1.29 is 14.3 Å². The Bertz CT molecular complexity index is 1280. The fraction of sp³-hybridized carbons (Fsp3) is 0.370. The predicted octanol–water partition coefficient (Wildman–Crippen LogP) is 7.22. The summed E-state index contributed by atoms with van der Waals surface area (Å²) in [6.45, 7) is 4.17. The van der Waals surface area contributed by atoms with Crippen molar-refractivity contribution in [1.82, 2.24) is 0 Å². The van der Waals surface area contributed by atoms with Gasteiger partial charge in [-0.1, -0.05) is 49.2 Å². The molecule has 1 aliphatic carbocycles. The Kier molecular flexibility index (Phi) is 7.51. The van der Waals surface area contributed by atoms with E-state index in [1.165, 1.54) is 11.8 Å². The topological polar surface area (TPSA) is 71.7 Å². The number of nitriles is 1. The van der Waals surface area contributed by atoms with E-state index in [2.05, 4.69) is 19.9 Å². The predicted molar refractivity (Wildman–Crippen MR) is 142 cm³/mol. The maximum atomic E-state index is 13.4. The molecule has 4 rings (SSSR count). The van der Waals surface area contributed by atoms with Crippen molar-refractivity contribution in [3.8, 4) is 17.6 Å². The molecule has 2 aromatic rings. The molecule has 5 nitrogen and oxygen atoms in total. The number of allylic oxidation sites excluding steroid dienone is 1. The number of benzene rings is 2. The van der Waals surface area contributed by atoms with Crippen LogP contribution in [0.2, 0.25) is 10.0 Å². The Balaban J connectivity index is 1.80. The van der Waals surface area contributed by atoms with Gasteiger partial charge in [-0.3, -0.25) is 4.79 Å². The lowest BCUT2D eigenvalue weighted by atomic mass is 9.64. The van der Waals surface area contributed by atoms with Crippen LogP contribution in [0.5, 0.6) is 11.5 Å². The molecule has 0 amide bonds. The number of ether oxygens (including phenoxy) is 2. The standard InChI is InChI=1S/C27H26Cl2N2O3S/c1-27(2)11-20-25(21(32)12-27)24(16-6-8-22(33-3)23(10-16)34-4)17(13-30)26(31-20)35-14-15-5-7-18(28)19(29)9-15/h5-10,24-25H,11-12,14H2,1-4H3/t24-,25?/m1/s1. The van der Waals surface area contributed by atoms with E-state index in [4.69, 9.17) is 37.7 Å². The number of hydrogen-bond acceptors (Lipinski definition) is 6. The third kappa shape index (κ3) is 5.23. The molecule has 0 bridgehead atoms. The number of thioether (sulfide) groups is 1. The Morgan fingerprint density at radius 2 is 1.80 bits per heavy atom. The maximum absolute atomic E-state index is 13.4.